The summed E-state index contributed by atoms with van der Waals surface area (Å²) in [4.78, 5) is 33.2. The highest BCUT2D eigenvalue weighted by molar-refractivity contribution is 7.98. The Morgan fingerprint density at radius 1 is 1.29 bits per heavy atom. The molecule has 2 unspecified atom stereocenters. The largest absolute Gasteiger partial charge is 0.480 e. The van der Waals surface area contributed by atoms with Crippen molar-refractivity contribution in [3.05, 3.63) is 0 Å². The van der Waals surface area contributed by atoms with E-state index in [2.05, 4.69) is 10.6 Å². The lowest BCUT2D eigenvalue weighted by molar-refractivity contribution is -0.142. The number of carboxylic acids is 1. The van der Waals surface area contributed by atoms with E-state index >= 15 is 0 Å². The van der Waals surface area contributed by atoms with Gasteiger partial charge in [-0.1, -0.05) is 0 Å². The Balaban J connectivity index is 4.29. The van der Waals surface area contributed by atoms with E-state index in [4.69, 9.17) is 5.11 Å². The molecule has 6 nitrogen and oxygen atoms in total. The number of hydrogen-bond acceptors (Lipinski definition) is 4. The molecule has 0 spiro atoms. The van der Waals surface area contributed by atoms with E-state index in [0.717, 1.165) is 0 Å². The summed E-state index contributed by atoms with van der Waals surface area (Å²) in [7, 11) is 0. The van der Waals surface area contributed by atoms with E-state index in [1.165, 1.54) is 25.6 Å². The first-order valence-electron chi connectivity index (χ1n) is 5.17. The van der Waals surface area contributed by atoms with Crippen LogP contribution in [0.3, 0.4) is 0 Å². The van der Waals surface area contributed by atoms with Gasteiger partial charge in [0.05, 0.1) is 0 Å². The zero-order valence-electron chi connectivity index (χ0n) is 10.1. The van der Waals surface area contributed by atoms with Crippen molar-refractivity contribution in [3.8, 4) is 0 Å². The molecule has 0 fully saturated rings. The van der Waals surface area contributed by atoms with Crippen LogP contribution in [0.2, 0.25) is 0 Å². The Hall–Kier alpha value is -1.24. The molecule has 0 aromatic rings. The summed E-state index contributed by atoms with van der Waals surface area (Å²) < 4.78 is 0. The van der Waals surface area contributed by atoms with Gasteiger partial charge in [-0.2, -0.15) is 11.8 Å². The molecule has 0 aliphatic rings. The summed E-state index contributed by atoms with van der Waals surface area (Å²) >= 11 is 1.51. The molecule has 0 aliphatic heterocycles. The number of nitrogens with one attached hydrogen (secondary N) is 2. The Bertz CT molecular complexity index is 296. The van der Waals surface area contributed by atoms with Gasteiger partial charge in [0.1, 0.15) is 12.1 Å². The summed E-state index contributed by atoms with van der Waals surface area (Å²) in [6.07, 6.45) is 2.22. The summed E-state index contributed by atoms with van der Waals surface area (Å²) in [6, 6.07) is -1.64. The first-order chi connectivity index (χ1) is 7.88. The number of hydrogen-bond donors (Lipinski definition) is 3. The number of aliphatic carboxylic acids is 1. The van der Waals surface area contributed by atoms with Crippen LogP contribution in [0.1, 0.15) is 20.3 Å². The number of carbonyl (C=O) groups excluding carboxylic acids is 2. The zero-order chi connectivity index (χ0) is 13.4. The van der Waals surface area contributed by atoms with Crippen molar-refractivity contribution in [3.63, 3.8) is 0 Å². The molecule has 0 rings (SSSR count). The van der Waals surface area contributed by atoms with Crippen LogP contribution in [0.25, 0.3) is 0 Å². The number of amides is 2. The van der Waals surface area contributed by atoms with E-state index in [9.17, 15) is 14.4 Å². The maximum atomic E-state index is 11.6. The average Bonchev–Trinajstić information content (AvgIpc) is 2.22. The molecule has 98 valence electrons. The molecule has 0 saturated heterocycles. The van der Waals surface area contributed by atoms with Crippen LogP contribution in [0.5, 0.6) is 0 Å². The fraction of sp³-hybridized carbons (Fsp3) is 0.700. The Morgan fingerprint density at radius 2 is 1.88 bits per heavy atom. The molecule has 0 aromatic heterocycles. The minimum Gasteiger partial charge on any atom is -0.480 e. The molecule has 2 amide bonds. The van der Waals surface area contributed by atoms with Crippen molar-refractivity contribution in [2.24, 2.45) is 0 Å². The van der Waals surface area contributed by atoms with Crippen LogP contribution in [0, 0.1) is 0 Å². The zero-order valence-corrected chi connectivity index (χ0v) is 11.0. The molecule has 17 heavy (non-hydrogen) atoms. The van der Waals surface area contributed by atoms with Crippen LogP contribution >= 0.6 is 11.8 Å². The van der Waals surface area contributed by atoms with E-state index < -0.39 is 24.0 Å². The van der Waals surface area contributed by atoms with Gasteiger partial charge >= 0.3 is 5.97 Å². The topological polar surface area (TPSA) is 95.5 Å². The minimum absolute atomic E-state index is 0.330. The van der Waals surface area contributed by atoms with Gasteiger partial charge in [-0.25, -0.2) is 4.79 Å². The smallest absolute Gasteiger partial charge is 0.326 e. The van der Waals surface area contributed by atoms with Crippen LogP contribution in [0.15, 0.2) is 0 Å². The van der Waals surface area contributed by atoms with Gasteiger partial charge in [-0.3, -0.25) is 9.59 Å². The molecule has 0 heterocycles. The predicted octanol–water partition coefficient (Wildman–Crippen LogP) is -0.166. The van der Waals surface area contributed by atoms with Crippen molar-refractivity contribution in [1.82, 2.24) is 10.6 Å². The highest BCUT2D eigenvalue weighted by Gasteiger charge is 2.22. The second-order valence-electron chi connectivity index (χ2n) is 3.60. The van der Waals surface area contributed by atoms with E-state index in [1.807, 2.05) is 6.26 Å². The lowest BCUT2D eigenvalue weighted by atomic mass is 10.2. The first-order valence-corrected chi connectivity index (χ1v) is 6.57. The molecule has 0 saturated carbocycles. The Labute approximate surface area is 105 Å². The molecule has 7 heteroatoms. The Morgan fingerprint density at radius 3 is 2.29 bits per heavy atom. The summed E-state index contributed by atoms with van der Waals surface area (Å²) in [5.74, 6) is -1.24. The quantitative estimate of drug-likeness (QED) is 0.592. The van der Waals surface area contributed by atoms with Gasteiger partial charge in [-0.15, -0.1) is 0 Å². The SMILES string of the molecule is CSCCC(NC(=O)C(C)NC(C)=O)C(=O)O. The van der Waals surface area contributed by atoms with Gasteiger partial charge in [0, 0.05) is 6.92 Å². The Kier molecular flexibility index (Phi) is 7.36. The standard InChI is InChI=1S/C10H18N2O4S/c1-6(11-7(2)13)9(14)12-8(10(15)16)4-5-17-3/h6,8H,4-5H2,1-3H3,(H,11,13)(H,12,14)(H,15,16). The third-order valence-electron chi connectivity index (χ3n) is 2.04. The number of rotatable bonds is 7. The number of thioether (sulfide) groups is 1. The van der Waals surface area contributed by atoms with Gasteiger partial charge in [0.15, 0.2) is 0 Å². The van der Waals surface area contributed by atoms with Crippen LogP contribution < -0.4 is 10.6 Å². The van der Waals surface area contributed by atoms with Crippen molar-refractivity contribution in [1.29, 1.82) is 0 Å². The molecule has 0 radical (unpaired) electrons. The third-order valence-corrected chi connectivity index (χ3v) is 2.68. The predicted molar refractivity (Wildman–Crippen MR) is 65.8 cm³/mol. The van der Waals surface area contributed by atoms with Crippen LogP contribution in [-0.2, 0) is 14.4 Å². The summed E-state index contributed by atoms with van der Waals surface area (Å²) in [5, 5.41) is 13.7. The summed E-state index contributed by atoms with van der Waals surface area (Å²) in [5.41, 5.74) is 0. The van der Waals surface area contributed by atoms with Gasteiger partial charge in [-0.05, 0) is 25.4 Å². The lowest BCUT2D eigenvalue weighted by Gasteiger charge is -2.17. The van der Waals surface area contributed by atoms with Crippen molar-refractivity contribution < 1.29 is 19.5 Å². The maximum Gasteiger partial charge on any atom is 0.326 e. The molecular formula is C10H18N2O4S. The van der Waals surface area contributed by atoms with Crippen molar-refractivity contribution in [2.45, 2.75) is 32.4 Å². The highest BCUT2D eigenvalue weighted by atomic mass is 32.2. The molecular weight excluding hydrogens is 244 g/mol. The molecule has 0 aliphatic carbocycles. The van der Waals surface area contributed by atoms with E-state index in [1.54, 1.807) is 0 Å². The average molecular weight is 262 g/mol. The highest BCUT2D eigenvalue weighted by Crippen LogP contribution is 2.01. The van der Waals surface area contributed by atoms with Gasteiger partial charge < -0.3 is 15.7 Å². The van der Waals surface area contributed by atoms with Gasteiger partial charge in [0.2, 0.25) is 11.8 Å². The maximum absolute atomic E-state index is 11.6. The van der Waals surface area contributed by atoms with Crippen molar-refractivity contribution >= 4 is 29.5 Å². The second-order valence-corrected chi connectivity index (χ2v) is 4.59. The molecule has 2 atom stereocenters. The molecule has 0 aromatic carbocycles. The van der Waals surface area contributed by atoms with E-state index in [0.29, 0.717) is 12.2 Å². The third kappa shape index (κ3) is 6.83. The van der Waals surface area contributed by atoms with Crippen molar-refractivity contribution in [2.75, 3.05) is 12.0 Å². The molecule has 0 bridgehead atoms. The second kappa shape index (κ2) is 7.94. The first kappa shape index (κ1) is 15.8. The monoisotopic (exact) mass is 262 g/mol. The number of carboxylic acid groups (broad SMARTS) is 1. The van der Waals surface area contributed by atoms with Gasteiger partial charge in [0.25, 0.3) is 0 Å². The van der Waals surface area contributed by atoms with Crippen LogP contribution in [0.4, 0.5) is 0 Å². The minimum atomic E-state index is -1.07. The van der Waals surface area contributed by atoms with Crippen LogP contribution in [-0.4, -0.2) is 47.0 Å². The summed E-state index contributed by atoms with van der Waals surface area (Å²) in [6.45, 7) is 2.80. The molecule has 3 N–H and O–H groups in total. The lowest BCUT2D eigenvalue weighted by Crippen LogP contribution is -2.50. The number of carbonyl (C=O) groups is 3. The normalized spacial score (nSPS) is 13.6. The fourth-order valence-electron chi connectivity index (χ4n) is 1.16. The fourth-order valence-corrected chi connectivity index (χ4v) is 1.63. The van der Waals surface area contributed by atoms with E-state index in [-0.39, 0.29) is 5.91 Å².